The number of nitrogens with one attached hydrogen (secondary N) is 1. The summed E-state index contributed by atoms with van der Waals surface area (Å²) >= 11 is 0. The molecule has 0 spiro atoms. The van der Waals surface area contributed by atoms with E-state index in [1.807, 2.05) is 0 Å². The minimum atomic E-state index is 0.670. The summed E-state index contributed by atoms with van der Waals surface area (Å²) in [6.07, 6.45) is 3.33. The summed E-state index contributed by atoms with van der Waals surface area (Å²) in [5.41, 5.74) is 0. The van der Waals surface area contributed by atoms with Crippen LogP contribution in [0.15, 0.2) is 0 Å². The number of amides is 1. The molecule has 1 saturated heterocycles. The second-order valence-electron chi connectivity index (χ2n) is 3.43. The van der Waals surface area contributed by atoms with Crippen LogP contribution >= 0.6 is 0 Å². The zero-order chi connectivity index (χ0) is 8.81. The van der Waals surface area contributed by atoms with Gasteiger partial charge in [-0.05, 0) is 31.8 Å². The Morgan fingerprint density at radius 2 is 2.50 bits per heavy atom. The summed E-state index contributed by atoms with van der Waals surface area (Å²) in [6, 6.07) is 0. The van der Waals surface area contributed by atoms with Crippen molar-refractivity contribution in [2.45, 2.75) is 19.8 Å². The molecule has 3 heteroatoms. The molecule has 1 atom stereocenters. The van der Waals surface area contributed by atoms with E-state index in [2.05, 4.69) is 17.1 Å². The minimum Gasteiger partial charge on any atom is -0.358 e. The number of carbonyl (C=O) groups is 1. The fourth-order valence-corrected chi connectivity index (χ4v) is 1.82. The molecule has 1 N–H and O–H groups in total. The molecule has 1 amide bonds. The minimum absolute atomic E-state index is 0.670. The fourth-order valence-electron chi connectivity index (χ4n) is 1.82. The van der Waals surface area contributed by atoms with Crippen molar-refractivity contribution < 1.29 is 4.79 Å². The summed E-state index contributed by atoms with van der Waals surface area (Å²) in [6.45, 7) is 6.55. The van der Waals surface area contributed by atoms with Gasteiger partial charge in [0, 0.05) is 13.1 Å². The van der Waals surface area contributed by atoms with Crippen LogP contribution in [0.2, 0.25) is 0 Å². The Balaban J connectivity index is 2.20. The lowest BCUT2D eigenvalue weighted by Gasteiger charge is -2.31. The molecule has 0 saturated carbocycles. The van der Waals surface area contributed by atoms with Crippen molar-refractivity contribution in [2.24, 2.45) is 5.92 Å². The van der Waals surface area contributed by atoms with E-state index in [4.69, 9.17) is 0 Å². The van der Waals surface area contributed by atoms with E-state index in [1.54, 1.807) is 0 Å². The van der Waals surface area contributed by atoms with Crippen molar-refractivity contribution >= 4 is 6.41 Å². The molecule has 1 aliphatic rings. The standard InChI is InChI=1S/C9H18N2O/c1-2-11-5-3-4-9(7-11)6-10-8-12/h8-9H,2-7H2,1H3,(H,10,12). The number of hydrogen-bond donors (Lipinski definition) is 1. The van der Waals surface area contributed by atoms with Crippen molar-refractivity contribution in [1.29, 1.82) is 0 Å². The van der Waals surface area contributed by atoms with Gasteiger partial charge >= 0.3 is 0 Å². The van der Waals surface area contributed by atoms with Gasteiger partial charge in [-0.25, -0.2) is 0 Å². The summed E-state index contributed by atoms with van der Waals surface area (Å²) in [4.78, 5) is 12.5. The molecule has 1 heterocycles. The molecule has 1 fully saturated rings. The lowest BCUT2D eigenvalue weighted by atomic mass is 9.98. The summed E-state index contributed by atoms with van der Waals surface area (Å²) in [5.74, 6) is 0.670. The quantitative estimate of drug-likeness (QED) is 0.622. The highest BCUT2D eigenvalue weighted by atomic mass is 16.1. The fraction of sp³-hybridized carbons (Fsp3) is 0.889. The predicted octanol–water partition coefficient (Wildman–Crippen LogP) is 0.464. The zero-order valence-electron chi connectivity index (χ0n) is 7.75. The van der Waals surface area contributed by atoms with Crippen LogP contribution in [0.25, 0.3) is 0 Å². The van der Waals surface area contributed by atoms with Gasteiger partial charge in [-0.3, -0.25) is 4.79 Å². The monoisotopic (exact) mass is 170 g/mol. The topological polar surface area (TPSA) is 32.3 Å². The summed E-state index contributed by atoms with van der Waals surface area (Å²) in [7, 11) is 0. The summed E-state index contributed by atoms with van der Waals surface area (Å²) < 4.78 is 0. The lowest BCUT2D eigenvalue weighted by Crippen LogP contribution is -2.39. The smallest absolute Gasteiger partial charge is 0.207 e. The Morgan fingerprint density at radius 1 is 1.67 bits per heavy atom. The first-order valence-electron chi connectivity index (χ1n) is 4.76. The Labute approximate surface area is 74.1 Å². The highest BCUT2D eigenvalue weighted by Gasteiger charge is 2.17. The van der Waals surface area contributed by atoms with Crippen LogP contribution in [0, 0.1) is 5.92 Å². The Bertz CT molecular complexity index is 138. The van der Waals surface area contributed by atoms with Gasteiger partial charge in [-0.2, -0.15) is 0 Å². The number of hydrogen-bond acceptors (Lipinski definition) is 2. The third-order valence-electron chi connectivity index (χ3n) is 2.54. The van der Waals surface area contributed by atoms with Crippen molar-refractivity contribution in [1.82, 2.24) is 10.2 Å². The highest BCUT2D eigenvalue weighted by molar-refractivity contribution is 5.45. The van der Waals surface area contributed by atoms with E-state index in [1.165, 1.54) is 19.4 Å². The first-order valence-corrected chi connectivity index (χ1v) is 4.76. The van der Waals surface area contributed by atoms with Crippen LogP contribution in [0.1, 0.15) is 19.8 Å². The zero-order valence-corrected chi connectivity index (χ0v) is 7.75. The Kier molecular flexibility index (Phi) is 4.08. The molecule has 0 radical (unpaired) electrons. The van der Waals surface area contributed by atoms with Gasteiger partial charge in [0.1, 0.15) is 0 Å². The van der Waals surface area contributed by atoms with Gasteiger partial charge in [0.25, 0.3) is 0 Å². The van der Waals surface area contributed by atoms with Gasteiger partial charge in [-0.15, -0.1) is 0 Å². The maximum atomic E-state index is 10.1. The molecular formula is C9H18N2O. The molecule has 1 aliphatic heterocycles. The number of nitrogens with zero attached hydrogens (tertiary/aromatic N) is 1. The third kappa shape index (κ3) is 2.81. The SMILES string of the molecule is CCN1CCCC(CNC=O)C1. The van der Waals surface area contributed by atoms with Crippen LogP contribution in [0.5, 0.6) is 0 Å². The molecule has 12 heavy (non-hydrogen) atoms. The molecule has 3 nitrogen and oxygen atoms in total. The first-order chi connectivity index (χ1) is 5.86. The molecule has 1 rings (SSSR count). The first kappa shape index (κ1) is 9.52. The Hall–Kier alpha value is -0.570. The maximum Gasteiger partial charge on any atom is 0.207 e. The predicted molar refractivity (Wildman–Crippen MR) is 48.9 cm³/mol. The molecule has 70 valence electrons. The van der Waals surface area contributed by atoms with E-state index < -0.39 is 0 Å². The highest BCUT2D eigenvalue weighted by Crippen LogP contribution is 2.14. The number of likely N-dealkylation sites (tertiary alicyclic amines) is 1. The van der Waals surface area contributed by atoms with Crippen LogP contribution < -0.4 is 5.32 Å². The van der Waals surface area contributed by atoms with Crippen molar-refractivity contribution in [3.05, 3.63) is 0 Å². The van der Waals surface area contributed by atoms with E-state index in [9.17, 15) is 4.79 Å². The molecule has 0 aromatic heterocycles. The lowest BCUT2D eigenvalue weighted by molar-refractivity contribution is -0.109. The largest absolute Gasteiger partial charge is 0.358 e. The van der Waals surface area contributed by atoms with E-state index in [-0.39, 0.29) is 0 Å². The number of piperidine rings is 1. The van der Waals surface area contributed by atoms with Crippen LogP contribution in [-0.2, 0) is 4.79 Å². The second kappa shape index (κ2) is 5.14. The van der Waals surface area contributed by atoms with Gasteiger partial charge in [-0.1, -0.05) is 6.92 Å². The second-order valence-corrected chi connectivity index (χ2v) is 3.43. The number of carbonyl (C=O) groups excluding carboxylic acids is 1. The van der Waals surface area contributed by atoms with Crippen molar-refractivity contribution in [3.8, 4) is 0 Å². The average Bonchev–Trinajstić information content (AvgIpc) is 2.15. The molecule has 0 bridgehead atoms. The van der Waals surface area contributed by atoms with Gasteiger partial charge in [0.05, 0.1) is 0 Å². The normalized spacial score (nSPS) is 25.2. The number of rotatable bonds is 4. The molecular weight excluding hydrogens is 152 g/mol. The van der Waals surface area contributed by atoms with Crippen molar-refractivity contribution in [3.63, 3.8) is 0 Å². The molecule has 0 aromatic rings. The average molecular weight is 170 g/mol. The van der Waals surface area contributed by atoms with Crippen molar-refractivity contribution in [2.75, 3.05) is 26.2 Å². The Morgan fingerprint density at radius 3 is 3.17 bits per heavy atom. The molecule has 0 aliphatic carbocycles. The van der Waals surface area contributed by atoms with Crippen LogP contribution in [0.3, 0.4) is 0 Å². The van der Waals surface area contributed by atoms with E-state index in [0.717, 1.165) is 26.0 Å². The summed E-state index contributed by atoms with van der Waals surface area (Å²) in [5, 5.41) is 2.76. The van der Waals surface area contributed by atoms with Crippen LogP contribution in [0.4, 0.5) is 0 Å². The van der Waals surface area contributed by atoms with Gasteiger partial charge < -0.3 is 10.2 Å². The van der Waals surface area contributed by atoms with Crippen LogP contribution in [-0.4, -0.2) is 37.5 Å². The maximum absolute atomic E-state index is 10.1. The molecule has 0 aromatic carbocycles. The van der Waals surface area contributed by atoms with Gasteiger partial charge in [0.2, 0.25) is 6.41 Å². The molecule has 1 unspecified atom stereocenters. The van der Waals surface area contributed by atoms with E-state index >= 15 is 0 Å². The third-order valence-corrected chi connectivity index (χ3v) is 2.54. The van der Waals surface area contributed by atoms with E-state index in [0.29, 0.717) is 5.92 Å². The van der Waals surface area contributed by atoms with Gasteiger partial charge in [0.15, 0.2) is 0 Å².